The summed E-state index contributed by atoms with van der Waals surface area (Å²) < 4.78 is 34.6. The molecule has 0 aliphatic rings. The molecule has 220 valence electrons. The summed E-state index contributed by atoms with van der Waals surface area (Å²) in [6, 6.07) is 21.6. The van der Waals surface area contributed by atoms with E-state index in [1.54, 1.807) is 43.3 Å². The quantitative estimate of drug-likeness (QED) is 0.257. The highest BCUT2D eigenvalue weighted by atomic mass is 32.2. The molecular formula is C31H39N3O5S2. The van der Waals surface area contributed by atoms with Gasteiger partial charge in [0.25, 0.3) is 10.0 Å². The number of hydrogen-bond donors (Lipinski definition) is 1. The van der Waals surface area contributed by atoms with Gasteiger partial charge in [0.1, 0.15) is 18.3 Å². The standard InChI is InChI=1S/C31H39N3O5S2/c1-6-39-27-14-12-26(13-15-27)34(41(37,38)29-18-16-28(40-5)17-19-29)22-30(35)33(21-25-10-8-7-9-11-25)24(4)31(36)32-20-23(2)3/h7-19,23-24H,6,20-22H2,1-5H3,(H,32,36)/t24-/m0/s1. The van der Waals surface area contributed by atoms with E-state index in [4.69, 9.17) is 4.74 Å². The van der Waals surface area contributed by atoms with Crippen LogP contribution in [-0.4, -0.2) is 57.1 Å². The van der Waals surface area contributed by atoms with E-state index in [9.17, 15) is 18.0 Å². The van der Waals surface area contributed by atoms with Gasteiger partial charge in [0.15, 0.2) is 0 Å². The van der Waals surface area contributed by atoms with Crippen LogP contribution < -0.4 is 14.4 Å². The van der Waals surface area contributed by atoms with Crippen LogP contribution in [0.1, 0.15) is 33.3 Å². The molecule has 0 fully saturated rings. The highest BCUT2D eigenvalue weighted by molar-refractivity contribution is 7.98. The van der Waals surface area contributed by atoms with Crippen molar-refractivity contribution >= 4 is 39.3 Å². The molecule has 0 bridgehead atoms. The van der Waals surface area contributed by atoms with Gasteiger partial charge < -0.3 is 15.0 Å². The highest BCUT2D eigenvalue weighted by Gasteiger charge is 2.32. The minimum absolute atomic E-state index is 0.0642. The number of nitrogens with zero attached hydrogens (tertiary/aromatic N) is 2. The summed E-state index contributed by atoms with van der Waals surface area (Å²) in [6.07, 6.45) is 1.91. The summed E-state index contributed by atoms with van der Waals surface area (Å²) in [5.41, 5.74) is 1.14. The molecule has 41 heavy (non-hydrogen) atoms. The number of ether oxygens (including phenoxy) is 1. The Kier molecular flexibility index (Phi) is 11.7. The first-order chi connectivity index (χ1) is 19.6. The van der Waals surface area contributed by atoms with Gasteiger partial charge in [0.2, 0.25) is 11.8 Å². The Balaban J connectivity index is 2.00. The van der Waals surface area contributed by atoms with E-state index in [2.05, 4.69) is 5.32 Å². The van der Waals surface area contributed by atoms with E-state index >= 15 is 0 Å². The van der Waals surface area contributed by atoms with Gasteiger partial charge in [-0.3, -0.25) is 13.9 Å². The molecule has 0 saturated heterocycles. The Hall–Kier alpha value is -3.50. The van der Waals surface area contributed by atoms with Gasteiger partial charge in [0.05, 0.1) is 17.2 Å². The molecule has 0 saturated carbocycles. The van der Waals surface area contributed by atoms with Crippen molar-refractivity contribution in [2.24, 2.45) is 5.92 Å². The Morgan fingerprint density at radius 3 is 2.12 bits per heavy atom. The molecule has 1 atom stereocenters. The molecule has 0 radical (unpaired) electrons. The number of thioether (sulfide) groups is 1. The van der Waals surface area contributed by atoms with Crippen molar-refractivity contribution in [3.63, 3.8) is 0 Å². The summed E-state index contributed by atoms with van der Waals surface area (Å²) in [7, 11) is -4.14. The largest absolute Gasteiger partial charge is 0.494 e. The zero-order chi connectivity index (χ0) is 30.0. The maximum absolute atomic E-state index is 14.0. The number of carbonyl (C=O) groups excluding carboxylic acids is 2. The molecule has 2 amide bonds. The third-order valence-electron chi connectivity index (χ3n) is 6.41. The molecular weight excluding hydrogens is 558 g/mol. The van der Waals surface area contributed by atoms with Crippen molar-refractivity contribution in [2.75, 3.05) is 30.3 Å². The smallest absolute Gasteiger partial charge is 0.264 e. The average Bonchev–Trinajstić information content (AvgIpc) is 2.98. The molecule has 10 heteroatoms. The molecule has 0 spiro atoms. The van der Waals surface area contributed by atoms with Crippen LogP contribution in [-0.2, 0) is 26.2 Å². The molecule has 0 aliphatic carbocycles. The SMILES string of the molecule is CCOc1ccc(N(CC(=O)N(Cc2ccccc2)[C@@H](C)C(=O)NCC(C)C)S(=O)(=O)c2ccc(SC)cc2)cc1. The van der Waals surface area contributed by atoms with E-state index < -0.39 is 28.5 Å². The monoisotopic (exact) mass is 597 g/mol. The number of nitrogens with one attached hydrogen (secondary N) is 1. The van der Waals surface area contributed by atoms with Crippen molar-refractivity contribution in [2.45, 2.75) is 50.1 Å². The summed E-state index contributed by atoms with van der Waals surface area (Å²) in [5.74, 6) is 0.0259. The van der Waals surface area contributed by atoms with Gasteiger partial charge >= 0.3 is 0 Å². The average molecular weight is 598 g/mol. The normalized spacial score (nSPS) is 12.0. The molecule has 0 heterocycles. The van der Waals surface area contributed by atoms with Crippen molar-refractivity contribution < 1.29 is 22.7 Å². The molecule has 0 aliphatic heterocycles. The minimum Gasteiger partial charge on any atom is -0.494 e. The molecule has 0 aromatic heterocycles. The summed E-state index contributed by atoms with van der Waals surface area (Å²) in [6.45, 7) is 8.09. The van der Waals surface area contributed by atoms with Gasteiger partial charge in [-0.2, -0.15) is 0 Å². The maximum Gasteiger partial charge on any atom is 0.264 e. The van der Waals surface area contributed by atoms with E-state index in [1.165, 1.54) is 28.8 Å². The molecule has 1 N–H and O–H groups in total. The number of hydrogen-bond acceptors (Lipinski definition) is 6. The van der Waals surface area contributed by atoms with Crippen LogP contribution in [0.3, 0.4) is 0 Å². The van der Waals surface area contributed by atoms with Gasteiger partial charge in [-0.15, -0.1) is 11.8 Å². The van der Waals surface area contributed by atoms with Crippen molar-refractivity contribution in [3.8, 4) is 5.75 Å². The van der Waals surface area contributed by atoms with E-state index in [0.29, 0.717) is 24.6 Å². The fourth-order valence-corrected chi connectivity index (χ4v) is 5.92. The first kappa shape index (κ1) is 32.0. The Morgan fingerprint density at radius 1 is 0.927 bits per heavy atom. The van der Waals surface area contributed by atoms with Crippen molar-refractivity contribution in [3.05, 3.63) is 84.4 Å². The number of anilines is 1. The summed E-state index contributed by atoms with van der Waals surface area (Å²) >= 11 is 1.51. The zero-order valence-corrected chi connectivity index (χ0v) is 25.9. The fourth-order valence-electron chi connectivity index (χ4n) is 4.09. The van der Waals surface area contributed by atoms with Crippen molar-refractivity contribution in [1.29, 1.82) is 0 Å². The lowest BCUT2D eigenvalue weighted by Gasteiger charge is -2.32. The first-order valence-electron chi connectivity index (χ1n) is 13.6. The summed E-state index contributed by atoms with van der Waals surface area (Å²) in [4.78, 5) is 29.5. The van der Waals surface area contributed by atoms with Crippen LogP contribution in [0, 0.1) is 5.92 Å². The van der Waals surface area contributed by atoms with Crippen LogP contribution in [0.2, 0.25) is 0 Å². The number of amides is 2. The lowest BCUT2D eigenvalue weighted by molar-refractivity contribution is -0.139. The third kappa shape index (κ3) is 8.74. The molecule has 3 aromatic rings. The topological polar surface area (TPSA) is 96.0 Å². The Labute approximate surface area is 248 Å². The fraction of sp³-hybridized carbons (Fsp3) is 0.355. The van der Waals surface area contributed by atoms with Crippen LogP contribution in [0.15, 0.2) is 88.7 Å². The second-order valence-corrected chi connectivity index (χ2v) is 12.7. The van der Waals surface area contributed by atoms with Gasteiger partial charge in [-0.1, -0.05) is 44.2 Å². The van der Waals surface area contributed by atoms with Crippen molar-refractivity contribution in [1.82, 2.24) is 10.2 Å². The van der Waals surface area contributed by atoms with Crippen LogP contribution in [0.25, 0.3) is 0 Å². The Morgan fingerprint density at radius 2 is 1.56 bits per heavy atom. The van der Waals surface area contributed by atoms with Crippen LogP contribution in [0.4, 0.5) is 5.69 Å². The number of sulfonamides is 1. The predicted molar refractivity (Wildman–Crippen MR) is 165 cm³/mol. The minimum atomic E-state index is -4.14. The van der Waals surface area contributed by atoms with E-state index in [1.807, 2.05) is 57.4 Å². The number of benzene rings is 3. The number of rotatable bonds is 14. The van der Waals surface area contributed by atoms with Gasteiger partial charge in [-0.25, -0.2) is 8.42 Å². The molecule has 8 nitrogen and oxygen atoms in total. The molecule has 0 unspecified atom stereocenters. The highest BCUT2D eigenvalue weighted by Crippen LogP contribution is 2.28. The third-order valence-corrected chi connectivity index (χ3v) is 8.94. The Bertz CT molecular complexity index is 1380. The van der Waals surface area contributed by atoms with E-state index in [0.717, 1.165) is 14.8 Å². The second kappa shape index (κ2) is 14.9. The molecule has 3 rings (SSSR count). The first-order valence-corrected chi connectivity index (χ1v) is 16.2. The van der Waals surface area contributed by atoms with Crippen LogP contribution in [0.5, 0.6) is 5.75 Å². The maximum atomic E-state index is 14.0. The molecule has 3 aromatic carbocycles. The van der Waals surface area contributed by atoms with E-state index in [-0.39, 0.29) is 23.3 Å². The van der Waals surface area contributed by atoms with Crippen LogP contribution >= 0.6 is 11.8 Å². The lowest BCUT2D eigenvalue weighted by Crippen LogP contribution is -2.51. The predicted octanol–water partition coefficient (Wildman–Crippen LogP) is 5.19. The second-order valence-electron chi connectivity index (χ2n) is 9.94. The van der Waals surface area contributed by atoms with Gasteiger partial charge in [0, 0.05) is 18.0 Å². The zero-order valence-electron chi connectivity index (χ0n) is 24.2. The number of carbonyl (C=O) groups is 2. The van der Waals surface area contributed by atoms with Gasteiger partial charge in [-0.05, 0) is 80.1 Å². The summed E-state index contributed by atoms with van der Waals surface area (Å²) in [5, 5.41) is 2.89. The lowest BCUT2D eigenvalue weighted by atomic mass is 10.1.